The third kappa shape index (κ3) is 3.71. The fourth-order valence-electron chi connectivity index (χ4n) is 4.04. The molecule has 0 radical (unpaired) electrons. The summed E-state index contributed by atoms with van der Waals surface area (Å²) >= 11 is 0. The van der Waals surface area contributed by atoms with Gasteiger partial charge in [0.15, 0.2) is 0 Å². The number of rotatable bonds is 6. The topological polar surface area (TPSA) is 45.8 Å². The van der Waals surface area contributed by atoms with Gasteiger partial charge in [0.05, 0.1) is 0 Å². The van der Waals surface area contributed by atoms with E-state index in [4.69, 9.17) is 9.15 Å². The van der Waals surface area contributed by atoms with Crippen molar-refractivity contribution in [2.45, 2.75) is 44.2 Å². The zero-order chi connectivity index (χ0) is 17.9. The zero-order valence-electron chi connectivity index (χ0n) is 15.4. The van der Waals surface area contributed by atoms with Crippen LogP contribution in [0, 0.1) is 0 Å². The molecule has 4 rings (SSSR count). The van der Waals surface area contributed by atoms with Crippen molar-refractivity contribution in [2.24, 2.45) is 0 Å². The highest BCUT2D eigenvalue weighted by molar-refractivity contribution is 6.05. The first-order chi connectivity index (χ1) is 12.7. The van der Waals surface area contributed by atoms with Gasteiger partial charge >= 0.3 is 0 Å². The summed E-state index contributed by atoms with van der Waals surface area (Å²) in [5, 5.41) is 12.5. The summed E-state index contributed by atoms with van der Waals surface area (Å²) in [5.41, 5.74) is 1.74. The maximum absolute atomic E-state index is 10.4. The molecule has 1 fully saturated rings. The standard InChI is InChI=1S/C22H27NO3/c1-23(16-7-3-2-4-8-16)14-17(24)15-25-18-11-12-22-20(13-18)19-9-5-6-10-21(19)26-22/h5-6,9-13,16-17,24H,2-4,7-8,14-15H2,1H3. The Kier molecular flexibility index (Phi) is 5.14. The number of aliphatic hydroxyl groups is 1. The Morgan fingerprint density at radius 1 is 1.08 bits per heavy atom. The Morgan fingerprint density at radius 3 is 2.69 bits per heavy atom. The van der Waals surface area contributed by atoms with Crippen LogP contribution in [0.3, 0.4) is 0 Å². The quantitative estimate of drug-likeness (QED) is 0.704. The zero-order valence-corrected chi connectivity index (χ0v) is 15.4. The number of para-hydroxylation sites is 1. The van der Waals surface area contributed by atoms with Crippen molar-refractivity contribution >= 4 is 21.9 Å². The molecular weight excluding hydrogens is 326 g/mol. The number of likely N-dealkylation sites (N-methyl/N-ethyl adjacent to an activating group) is 1. The molecule has 4 heteroatoms. The van der Waals surface area contributed by atoms with Crippen molar-refractivity contribution in [3.05, 3.63) is 42.5 Å². The average molecular weight is 353 g/mol. The van der Waals surface area contributed by atoms with Gasteiger partial charge in [-0.15, -0.1) is 0 Å². The van der Waals surface area contributed by atoms with E-state index in [1.54, 1.807) is 0 Å². The number of hydrogen-bond acceptors (Lipinski definition) is 4. The van der Waals surface area contributed by atoms with Crippen LogP contribution in [0.1, 0.15) is 32.1 Å². The number of fused-ring (bicyclic) bond motifs is 3. The first-order valence-electron chi connectivity index (χ1n) is 9.63. The normalized spacial score (nSPS) is 17.2. The SMILES string of the molecule is CN(CC(O)COc1ccc2oc3ccccc3c2c1)C1CCCCC1. The molecule has 0 amide bonds. The van der Waals surface area contributed by atoms with Crippen molar-refractivity contribution in [3.63, 3.8) is 0 Å². The fourth-order valence-corrected chi connectivity index (χ4v) is 4.04. The molecule has 1 atom stereocenters. The largest absolute Gasteiger partial charge is 0.491 e. The summed E-state index contributed by atoms with van der Waals surface area (Å²) in [7, 11) is 2.11. The molecule has 1 heterocycles. The highest BCUT2D eigenvalue weighted by atomic mass is 16.5. The molecule has 1 N–H and O–H groups in total. The maximum Gasteiger partial charge on any atom is 0.135 e. The van der Waals surface area contributed by atoms with Gasteiger partial charge in [0.2, 0.25) is 0 Å². The molecule has 2 aromatic carbocycles. The average Bonchev–Trinajstić information content (AvgIpc) is 3.05. The van der Waals surface area contributed by atoms with Crippen LogP contribution in [0.2, 0.25) is 0 Å². The summed E-state index contributed by atoms with van der Waals surface area (Å²) < 4.78 is 11.7. The van der Waals surface area contributed by atoms with Gasteiger partial charge in [-0.2, -0.15) is 0 Å². The second-order valence-corrected chi connectivity index (χ2v) is 7.45. The van der Waals surface area contributed by atoms with E-state index in [-0.39, 0.29) is 0 Å². The van der Waals surface area contributed by atoms with Gasteiger partial charge in [-0.25, -0.2) is 0 Å². The van der Waals surface area contributed by atoms with E-state index >= 15 is 0 Å². The van der Waals surface area contributed by atoms with E-state index in [9.17, 15) is 5.11 Å². The molecule has 0 spiro atoms. The van der Waals surface area contributed by atoms with E-state index < -0.39 is 6.10 Å². The number of furan rings is 1. The first kappa shape index (κ1) is 17.4. The van der Waals surface area contributed by atoms with Crippen LogP contribution >= 0.6 is 0 Å². The van der Waals surface area contributed by atoms with E-state index in [1.807, 2.05) is 36.4 Å². The van der Waals surface area contributed by atoms with E-state index in [2.05, 4.69) is 18.0 Å². The molecule has 1 aliphatic rings. The number of benzene rings is 2. The smallest absolute Gasteiger partial charge is 0.135 e. The van der Waals surface area contributed by atoms with Crippen LogP contribution in [-0.4, -0.2) is 42.4 Å². The van der Waals surface area contributed by atoms with E-state index in [0.717, 1.165) is 27.7 Å². The highest BCUT2D eigenvalue weighted by Gasteiger charge is 2.20. The summed E-state index contributed by atoms with van der Waals surface area (Å²) in [5.74, 6) is 0.767. The number of aliphatic hydroxyl groups excluding tert-OH is 1. The van der Waals surface area contributed by atoms with Gasteiger partial charge in [0.1, 0.15) is 29.6 Å². The van der Waals surface area contributed by atoms with Gasteiger partial charge in [0, 0.05) is 23.4 Å². The summed E-state index contributed by atoms with van der Waals surface area (Å²) in [6.45, 7) is 0.958. The van der Waals surface area contributed by atoms with Crippen LogP contribution in [0.15, 0.2) is 46.9 Å². The Hall–Kier alpha value is -2.04. The van der Waals surface area contributed by atoms with Gasteiger partial charge in [-0.05, 0) is 44.2 Å². The number of hydrogen-bond donors (Lipinski definition) is 1. The van der Waals surface area contributed by atoms with Crippen LogP contribution in [0.25, 0.3) is 21.9 Å². The lowest BCUT2D eigenvalue weighted by atomic mass is 9.94. The van der Waals surface area contributed by atoms with Crippen molar-refractivity contribution in [1.82, 2.24) is 4.90 Å². The van der Waals surface area contributed by atoms with E-state index in [0.29, 0.717) is 19.2 Å². The molecular formula is C22H27NO3. The van der Waals surface area contributed by atoms with Crippen LogP contribution in [0.5, 0.6) is 5.75 Å². The molecule has 0 saturated heterocycles. The molecule has 4 nitrogen and oxygen atoms in total. The summed E-state index contributed by atoms with van der Waals surface area (Å²) in [6, 6.07) is 14.5. The summed E-state index contributed by atoms with van der Waals surface area (Å²) in [6.07, 6.45) is 5.96. The Labute approximate surface area is 154 Å². The predicted molar refractivity (Wildman–Crippen MR) is 105 cm³/mol. The van der Waals surface area contributed by atoms with Gasteiger partial charge in [-0.1, -0.05) is 37.5 Å². The number of nitrogens with zero attached hydrogens (tertiary/aromatic N) is 1. The Morgan fingerprint density at radius 2 is 1.85 bits per heavy atom. The van der Waals surface area contributed by atoms with Crippen molar-refractivity contribution in [2.75, 3.05) is 20.2 Å². The lowest BCUT2D eigenvalue weighted by molar-refractivity contribution is 0.0562. The minimum Gasteiger partial charge on any atom is -0.491 e. The third-order valence-corrected chi connectivity index (χ3v) is 5.49. The first-order valence-corrected chi connectivity index (χ1v) is 9.63. The van der Waals surface area contributed by atoms with Crippen molar-refractivity contribution < 1.29 is 14.3 Å². The molecule has 0 bridgehead atoms. The van der Waals surface area contributed by atoms with Gasteiger partial charge in [-0.3, -0.25) is 0 Å². The molecule has 1 aromatic heterocycles. The second-order valence-electron chi connectivity index (χ2n) is 7.45. The van der Waals surface area contributed by atoms with Crippen LogP contribution < -0.4 is 4.74 Å². The monoisotopic (exact) mass is 353 g/mol. The molecule has 1 unspecified atom stereocenters. The second kappa shape index (κ2) is 7.68. The summed E-state index contributed by atoms with van der Waals surface area (Å²) in [4.78, 5) is 2.29. The third-order valence-electron chi connectivity index (χ3n) is 5.49. The molecule has 3 aromatic rings. The van der Waals surface area contributed by atoms with Gasteiger partial charge < -0.3 is 19.2 Å². The molecule has 1 aliphatic carbocycles. The minimum atomic E-state index is -0.487. The molecule has 138 valence electrons. The van der Waals surface area contributed by atoms with Crippen LogP contribution in [0.4, 0.5) is 0 Å². The van der Waals surface area contributed by atoms with Crippen LogP contribution in [-0.2, 0) is 0 Å². The van der Waals surface area contributed by atoms with Crippen molar-refractivity contribution in [1.29, 1.82) is 0 Å². The van der Waals surface area contributed by atoms with E-state index in [1.165, 1.54) is 32.1 Å². The Bertz CT molecular complexity index is 866. The lowest BCUT2D eigenvalue weighted by Gasteiger charge is -2.32. The predicted octanol–water partition coefficient (Wildman–Crippen LogP) is 4.59. The maximum atomic E-state index is 10.4. The molecule has 1 saturated carbocycles. The number of ether oxygens (including phenoxy) is 1. The lowest BCUT2D eigenvalue weighted by Crippen LogP contribution is -2.40. The van der Waals surface area contributed by atoms with Crippen molar-refractivity contribution in [3.8, 4) is 5.75 Å². The minimum absolute atomic E-state index is 0.304. The molecule has 0 aliphatic heterocycles. The molecule has 26 heavy (non-hydrogen) atoms. The Balaban J connectivity index is 1.38. The highest BCUT2D eigenvalue weighted by Crippen LogP contribution is 2.31. The van der Waals surface area contributed by atoms with Gasteiger partial charge in [0.25, 0.3) is 0 Å². The fraction of sp³-hybridized carbons (Fsp3) is 0.455.